The first-order valence-corrected chi connectivity index (χ1v) is 8.58. The van der Waals surface area contributed by atoms with Gasteiger partial charge in [-0.3, -0.25) is 4.79 Å². The Balaban J connectivity index is 2.05. The lowest BCUT2D eigenvalue weighted by molar-refractivity contribution is -0.120. The van der Waals surface area contributed by atoms with Crippen molar-refractivity contribution in [2.75, 3.05) is 27.4 Å². The molecular formula is C18H28N2O4. The van der Waals surface area contributed by atoms with E-state index in [0.29, 0.717) is 30.4 Å². The van der Waals surface area contributed by atoms with E-state index in [0.717, 1.165) is 37.8 Å². The first kappa shape index (κ1) is 18.4. The second-order valence-electron chi connectivity index (χ2n) is 5.90. The number of methoxy groups -OCH3 is 2. The van der Waals surface area contributed by atoms with Crippen molar-refractivity contribution in [2.24, 2.45) is 0 Å². The molecule has 1 aliphatic rings. The average Bonchev–Trinajstić information content (AvgIpc) is 3.01. The van der Waals surface area contributed by atoms with Gasteiger partial charge in [-0.15, -0.1) is 0 Å². The summed E-state index contributed by atoms with van der Waals surface area (Å²) in [5, 5.41) is 6.09. The van der Waals surface area contributed by atoms with Crippen LogP contribution in [-0.2, 0) is 11.3 Å². The topological polar surface area (TPSA) is 68.8 Å². The maximum atomic E-state index is 11.6. The summed E-state index contributed by atoms with van der Waals surface area (Å²) >= 11 is 0. The maximum absolute atomic E-state index is 11.6. The van der Waals surface area contributed by atoms with Gasteiger partial charge in [-0.2, -0.15) is 0 Å². The van der Waals surface area contributed by atoms with Gasteiger partial charge in [-0.1, -0.05) is 19.8 Å². The maximum Gasteiger partial charge on any atom is 0.237 e. The van der Waals surface area contributed by atoms with Crippen LogP contribution in [0.3, 0.4) is 0 Å². The molecule has 0 spiro atoms. The van der Waals surface area contributed by atoms with Crippen molar-refractivity contribution in [3.05, 3.63) is 17.7 Å². The number of carbonyl (C=O) groups excluding carboxylic acids is 1. The van der Waals surface area contributed by atoms with Crippen molar-refractivity contribution < 1.29 is 19.0 Å². The van der Waals surface area contributed by atoms with E-state index in [2.05, 4.69) is 17.6 Å². The molecule has 1 aromatic rings. The summed E-state index contributed by atoms with van der Waals surface area (Å²) in [6.45, 7) is 4.10. The summed E-state index contributed by atoms with van der Waals surface area (Å²) in [5.41, 5.74) is 0.990. The number of carbonyl (C=O) groups is 1. The fourth-order valence-corrected chi connectivity index (χ4v) is 2.73. The summed E-state index contributed by atoms with van der Waals surface area (Å²) in [7, 11) is 3.24. The Morgan fingerprint density at radius 2 is 1.92 bits per heavy atom. The summed E-state index contributed by atoms with van der Waals surface area (Å²) in [5.74, 6) is 2.00. The monoisotopic (exact) mass is 336 g/mol. The zero-order valence-corrected chi connectivity index (χ0v) is 14.8. The summed E-state index contributed by atoms with van der Waals surface area (Å²) in [4.78, 5) is 11.6. The van der Waals surface area contributed by atoms with E-state index < -0.39 is 0 Å². The molecule has 0 aliphatic carbocycles. The Morgan fingerprint density at radius 1 is 1.21 bits per heavy atom. The van der Waals surface area contributed by atoms with Gasteiger partial charge in [0, 0.05) is 13.1 Å². The summed E-state index contributed by atoms with van der Waals surface area (Å²) < 4.78 is 16.8. The third-order valence-corrected chi connectivity index (χ3v) is 4.12. The Hall–Kier alpha value is -1.95. The van der Waals surface area contributed by atoms with Crippen LogP contribution in [-0.4, -0.2) is 39.3 Å². The summed E-state index contributed by atoms with van der Waals surface area (Å²) in [6, 6.07) is 3.72. The summed E-state index contributed by atoms with van der Waals surface area (Å²) in [6.07, 6.45) is 4.10. The van der Waals surface area contributed by atoms with Gasteiger partial charge < -0.3 is 24.8 Å². The van der Waals surface area contributed by atoms with Crippen molar-refractivity contribution in [1.29, 1.82) is 0 Å². The van der Waals surface area contributed by atoms with Gasteiger partial charge in [0.2, 0.25) is 11.7 Å². The molecule has 2 rings (SSSR count). The molecule has 0 bridgehead atoms. The fourth-order valence-electron chi connectivity index (χ4n) is 2.73. The molecule has 1 amide bonds. The Morgan fingerprint density at radius 3 is 2.46 bits per heavy atom. The van der Waals surface area contributed by atoms with Crippen LogP contribution in [0.15, 0.2) is 12.1 Å². The van der Waals surface area contributed by atoms with Gasteiger partial charge in [0.05, 0.1) is 26.9 Å². The quantitative estimate of drug-likeness (QED) is 0.642. The number of rotatable bonds is 10. The smallest absolute Gasteiger partial charge is 0.237 e. The van der Waals surface area contributed by atoms with Gasteiger partial charge in [0.25, 0.3) is 0 Å². The van der Waals surface area contributed by atoms with Gasteiger partial charge in [0.1, 0.15) is 0 Å². The van der Waals surface area contributed by atoms with Crippen LogP contribution >= 0.6 is 0 Å². The highest BCUT2D eigenvalue weighted by Crippen LogP contribution is 2.38. The van der Waals surface area contributed by atoms with Crippen LogP contribution in [0.25, 0.3) is 0 Å². The van der Waals surface area contributed by atoms with Crippen LogP contribution in [0, 0.1) is 0 Å². The second-order valence-corrected chi connectivity index (χ2v) is 5.90. The number of nitrogens with one attached hydrogen (secondary N) is 2. The van der Waals surface area contributed by atoms with E-state index in [1.807, 2.05) is 12.1 Å². The molecule has 24 heavy (non-hydrogen) atoms. The molecule has 0 radical (unpaired) electrons. The number of hydrogen-bond acceptors (Lipinski definition) is 5. The van der Waals surface area contributed by atoms with E-state index in [1.54, 1.807) is 14.2 Å². The van der Waals surface area contributed by atoms with Crippen LogP contribution in [0.1, 0.15) is 38.2 Å². The standard InChI is InChI=1S/C18H28N2O4/c1-4-5-6-9-24-17-15(22-2)10-13(11-16(17)23-3)12-20-14-7-8-19-18(14)21/h10-11,14,20H,4-9,12H2,1-3H3,(H,19,21). The zero-order chi connectivity index (χ0) is 17.4. The number of unbranched alkanes of at least 4 members (excludes halogenated alkanes) is 2. The lowest BCUT2D eigenvalue weighted by atomic mass is 10.1. The molecule has 1 saturated heterocycles. The lowest BCUT2D eigenvalue weighted by Crippen LogP contribution is -2.35. The molecule has 1 unspecified atom stereocenters. The molecule has 134 valence electrons. The minimum absolute atomic E-state index is 0.0600. The highest BCUT2D eigenvalue weighted by Gasteiger charge is 2.23. The number of amides is 1. The third-order valence-electron chi connectivity index (χ3n) is 4.12. The second kappa shape index (κ2) is 9.37. The van der Waals surface area contributed by atoms with Crippen molar-refractivity contribution in [1.82, 2.24) is 10.6 Å². The van der Waals surface area contributed by atoms with E-state index in [-0.39, 0.29) is 11.9 Å². The molecule has 1 aliphatic heterocycles. The molecule has 2 N–H and O–H groups in total. The third kappa shape index (κ3) is 4.77. The van der Waals surface area contributed by atoms with Crippen molar-refractivity contribution in [3.63, 3.8) is 0 Å². The Labute approximate surface area is 143 Å². The van der Waals surface area contributed by atoms with Gasteiger partial charge in [-0.25, -0.2) is 0 Å². The van der Waals surface area contributed by atoms with Crippen molar-refractivity contribution in [3.8, 4) is 17.2 Å². The first-order chi connectivity index (χ1) is 11.7. The normalized spacial score (nSPS) is 16.8. The SMILES string of the molecule is CCCCCOc1c(OC)cc(CNC2CCNC2=O)cc1OC. The van der Waals surface area contributed by atoms with Crippen LogP contribution in [0.5, 0.6) is 17.2 Å². The number of hydrogen-bond donors (Lipinski definition) is 2. The minimum Gasteiger partial charge on any atom is -0.493 e. The van der Waals surface area contributed by atoms with Gasteiger partial charge in [-0.05, 0) is 30.5 Å². The van der Waals surface area contributed by atoms with Gasteiger partial charge >= 0.3 is 0 Å². The fraction of sp³-hybridized carbons (Fsp3) is 0.611. The lowest BCUT2D eigenvalue weighted by Gasteiger charge is -2.17. The first-order valence-electron chi connectivity index (χ1n) is 8.58. The molecule has 0 saturated carbocycles. The van der Waals surface area contributed by atoms with Crippen LogP contribution in [0.4, 0.5) is 0 Å². The number of ether oxygens (including phenoxy) is 3. The van der Waals surface area contributed by atoms with E-state index >= 15 is 0 Å². The predicted octanol–water partition coefficient (Wildman–Crippen LogP) is 2.25. The molecule has 0 aromatic heterocycles. The van der Waals surface area contributed by atoms with Crippen LogP contribution in [0.2, 0.25) is 0 Å². The van der Waals surface area contributed by atoms with Crippen molar-refractivity contribution in [2.45, 2.75) is 45.2 Å². The average molecular weight is 336 g/mol. The van der Waals surface area contributed by atoms with Crippen LogP contribution < -0.4 is 24.8 Å². The highest BCUT2D eigenvalue weighted by atomic mass is 16.5. The van der Waals surface area contributed by atoms with E-state index in [9.17, 15) is 4.79 Å². The molecular weight excluding hydrogens is 308 g/mol. The Bertz CT molecular complexity index is 523. The zero-order valence-electron chi connectivity index (χ0n) is 14.8. The molecule has 1 heterocycles. The largest absolute Gasteiger partial charge is 0.493 e. The van der Waals surface area contributed by atoms with E-state index in [1.165, 1.54) is 0 Å². The number of benzene rings is 1. The molecule has 6 nitrogen and oxygen atoms in total. The highest BCUT2D eigenvalue weighted by molar-refractivity contribution is 5.83. The molecule has 1 aromatic carbocycles. The van der Waals surface area contributed by atoms with Crippen molar-refractivity contribution >= 4 is 5.91 Å². The van der Waals surface area contributed by atoms with Gasteiger partial charge in [0.15, 0.2) is 11.5 Å². The molecule has 1 fully saturated rings. The minimum atomic E-state index is -0.132. The predicted molar refractivity (Wildman–Crippen MR) is 92.8 cm³/mol. The molecule has 6 heteroatoms. The molecule has 1 atom stereocenters. The Kier molecular flexibility index (Phi) is 7.18. The van der Waals surface area contributed by atoms with E-state index in [4.69, 9.17) is 14.2 Å².